The molecule has 3 heteroatoms. The van der Waals surface area contributed by atoms with Crippen LogP contribution in [0.15, 0.2) is 54.6 Å². The van der Waals surface area contributed by atoms with E-state index in [-0.39, 0.29) is 5.92 Å². The second-order valence-electron chi connectivity index (χ2n) is 8.42. The number of piperidine rings is 1. The summed E-state index contributed by atoms with van der Waals surface area (Å²) in [7, 11) is 0. The van der Waals surface area contributed by atoms with Crippen molar-refractivity contribution in [2.24, 2.45) is 5.92 Å². The molecule has 28 heavy (non-hydrogen) atoms. The Morgan fingerprint density at radius 3 is 2.21 bits per heavy atom. The number of likely N-dealkylation sites (tertiary alicyclic amines) is 1. The molecule has 1 fully saturated rings. The third-order valence-electron chi connectivity index (χ3n) is 5.70. The quantitative estimate of drug-likeness (QED) is 0.630. The molecule has 2 unspecified atom stereocenters. The molecule has 2 aromatic rings. The molecule has 1 heterocycles. The van der Waals surface area contributed by atoms with Crippen molar-refractivity contribution in [1.29, 1.82) is 0 Å². The Bertz CT molecular complexity index is 677. The Morgan fingerprint density at radius 2 is 1.57 bits per heavy atom. The van der Waals surface area contributed by atoms with Crippen LogP contribution in [0.3, 0.4) is 0 Å². The summed E-state index contributed by atoms with van der Waals surface area (Å²) in [5.41, 5.74) is 2.17. The topological polar surface area (TPSA) is 32.7 Å². The zero-order valence-corrected chi connectivity index (χ0v) is 17.4. The summed E-state index contributed by atoms with van der Waals surface area (Å²) >= 11 is 0. The zero-order chi connectivity index (χ0) is 19.8. The van der Waals surface area contributed by atoms with Crippen molar-refractivity contribution in [1.82, 2.24) is 4.90 Å². The SMILES string of the molecule is CC(C)CCOc1ccc(C(O)C(CN2CCCCC2)c2ccccc2)cc1. The molecule has 0 amide bonds. The summed E-state index contributed by atoms with van der Waals surface area (Å²) in [5, 5.41) is 11.2. The van der Waals surface area contributed by atoms with Crippen LogP contribution in [0.5, 0.6) is 5.75 Å². The fourth-order valence-corrected chi connectivity index (χ4v) is 3.91. The van der Waals surface area contributed by atoms with Gasteiger partial charge in [-0.15, -0.1) is 0 Å². The summed E-state index contributed by atoms with van der Waals surface area (Å²) in [6, 6.07) is 18.5. The minimum atomic E-state index is -0.519. The first-order chi connectivity index (χ1) is 13.6. The van der Waals surface area contributed by atoms with E-state index in [1.807, 2.05) is 30.3 Å². The van der Waals surface area contributed by atoms with Crippen molar-refractivity contribution in [3.63, 3.8) is 0 Å². The fourth-order valence-electron chi connectivity index (χ4n) is 3.91. The highest BCUT2D eigenvalue weighted by molar-refractivity contribution is 5.32. The van der Waals surface area contributed by atoms with Gasteiger partial charge in [-0.05, 0) is 61.5 Å². The van der Waals surface area contributed by atoms with Crippen LogP contribution in [0.1, 0.15) is 62.7 Å². The Morgan fingerprint density at radius 1 is 0.893 bits per heavy atom. The van der Waals surface area contributed by atoms with Gasteiger partial charge >= 0.3 is 0 Å². The predicted molar refractivity (Wildman–Crippen MR) is 116 cm³/mol. The number of aliphatic hydroxyl groups excluding tert-OH is 1. The van der Waals surface area contributed by atoms with Gasteiger partial charge in [-0.25, -0.2) is 0 Å². The van der Waals surface area contributed by atoms with Gasteiger partial charge in [-0.2, -0.15) is 0 Å². The van der Waals surface area contributed by atoms with Gasteiger partial charge in [-0.3, -0.25) is 0 Å². The molecular weight excluding hydrogens is 346 g/mol. The summed E-state index contributed by atoms with van der Waals surface area (Å²) in [4.78, 5) is 2.51. The zero-order valence-electron chi connectivity index (χ0n) is 17.4. The van der Waals surface area contributed by atoms with E-state index in [0.717, 1.165) is 44.0 Å². The molecule has 0 aliphatic carbocycles. The first kappa shape index (κ1) is 20.9. The lowest BCUT2D eigenvalue weighted by molar-refractivity contribution is 0.109. The molecule has 152 valence electrons. The third-order valence-corrected chi connectivity index (χ3v) is 5.70. The maximum Gasteiger partial charge on any atom is 0.119 e. The fraction of sp³-hybridized carbons (Fsp3) is 0.520. The van der Waals surface area contributed by atoms with E-state index >= 15 is 0 Å². The number of hydrogen-bond acceptors (Lipinski definition) is 3. The first-order valence-corrected chi connectivity index (χ1v) is 10.8. The molecule has 1 saturated heterocycles. The highest BCUT2D eigenvalue weighted by Crippen LogP contribution is 2.33. The van der Waals surface area contributed by atoms with Crippen LogP contribution in [0.2, 0.25) is 0 Å². The highest BCUT2D eigenvalue weighted by atomic mass is 16.5. The van der Waals surface area contributed by atoms with Gasteiger partial charge in [-0.1, -0.05) is 62.7 Å². The van der Waals surface area contributed by atoms with Crippen molar-refractivity contribution in [3.8, 4) is 5.75 Å². The van der Waals surface area contributed by atoms with Crippen molar-refractivity contribution in [2.75, 3.05) is 26.2 Å². The van der Waals surface area contributed by atoms with Crippen molar-refractivity contribution in [2.45, 2.75) is 51.6 Å². The second kappa shape index (κ2) is 10.6. The van der Waals surface area contributed by atoms with Crippen LogP contribution in [-0.2, 0) is 0 Å². The summed E-state index contributed by atoms with van der Waals surface area (Å²) in [5.74, 6) is 1.60. The maximum atomic E-state index is 11.2. The molecule has 0 aromatic heterocycles. The maximum absolute atomic E-state index is 11.2. The smallest absolute Gasteiger partial charge is 0.119 e. The lowest BCUT2D eigenvalue weighted by Crippen LogP contribution is -2.35. The third kappa shape index (κ3) is 6.08. The number of aliphatic hydroxyl groups is 1. The summed E-state index contributed by atoms with van der Waals surface area (Å²) < 4.78 is 5.83. The molecule has 0 radical (unpaired) electrons. The van der Waals surface area contributed by atoms with Crippen LogP contribution in [0, 0.1) is 5.92 Å². The lowest BCUT2D eigenvalue weighted by atomic mass is 9.88. The van der Waals surface area contributed by atoms with Gasteiger partial charge in [0.25, 0.3) is 0 Å². The molecule has 2 atom stereocenters. The molecule has 0 bridgehead atoms. The molecule has 1 aliphatic rings. The summed E-state index contributed by atoms with van der Waals surface area (Å²) in [6.07, 6.45) is 4.39. The van der Waals surface area contributed by atoms with E-state index in [4.69, 9.17) is 4.74 Å². The molecule has 1 N–H and O–H groups in total. The van der Waals surface area contributed by atoms with Gasteiger partial charge in [0.05, 0.1) is 12.7 Å². The van der Waals surface area contributed by atoms with Gasteiger partial charge in [0.1, 0.15) is 5.75 Å². The molecule has 1 aliphatic heterocycles. The van der Waals surface area contributed by atoms with Gasteiger partial charge in [0.2, 0.25) is 0 Å². The number of rotatable bonds is 9. The first-order valence-electron chi connectivity index (χ1n) is 10.8. The van der Waals surface area contributed by atoms with Gasteiger partial charge < -0.3 is 14.7 Å². The van der Waals surface area contributed by atoms with Gasteiger partial charge in [0.15, 0.2) is 0 Å². The molecule has 2 aromatic carbocycles. The number of hydrogen-bond donors (Lipinski definition) is 1. The Hall–Kier alpha value is -1.84. The van der Waals surface area contributed by atoms with Crippen LogP contribution in [0.4, 0.5) is 0 Å². The highest BCUT2D eigenvalue weighted by Gasteiger charge is 2.26. The van der Waals surface area contributed by atoms with Crippen molar-refractivity contribution in [3.05, 3.63) is 65.7 Å². The second-order valence-corrected chi connectivity index (χ2v) is 8.42. The average Bonchev–Trinajstić information content (AvgIpc) is 2.73. The lowest BCUT2D eigenvalue weighted by Gasteiger charge is -2.33. The summed E-state index contributed by atoms with van der Waals surface area (Å²) in [6.45, 7) is 8.32. The minimum Gasteiger partial charge on any atom is -0.494 e. The van der Waals surface area contributed by atoms with E-state index in [9.17, 15) is 5.11 Å². The van der Waals surface area contributed by atoms with E-state index in [1.165, 1.54) is 24.8 Å². The van der Waals surface area contributed by atoms with Gasteiger partial charge in [0, 0.05) is 12.5 Å². The van der Waals surface area contributed by atoms with E-state index in [0.29, 0.717) is 5.92 Å². The average molecular weight is 382 g/mol. The standard InChI is InChI=1S/C25H35NO2/c1-20(2)15-18-28-23-13-11-22(12-14-23)25(27)24(21-9-5-3-6-10-21)19-26-16-7-4-8-17-26/h3,5-6,9-14,20,24-25,27H,4,7-8,15-19H2,1-2H3. The van der Waals surface area contributed by atoms with Crippen molar-refractivity contribution >= 4 is 0 Å². The van der Waals surface area contributed by atoms with E-state index in [2.05, 4.69) is 43.0 Å². The largest absolute Gasteiger partial charge is 0.494 e. The molecule has 3 rings (SSSR count). The Kier molecular flexibility index (Phi) is 7.93. The Labute approximate surface area is 170 Å². The number of nitrogens with zero attached hydrogens (tertiary/aromatic N) is 1. The predicted octanol–water partition coefficient (Wildman–Crippen LogP) is 5.41. The Balaban J connectivity index is 1.70. The van der Waals surface area contributed by atoms with E-state index < -0.39 is 6.10 Å². The normalized spacial score (nSPS) is 17.4. The monoisotopic (exact) mass is 381 g/mol. The minimum absolute atomic E-state index is 0.0759. The van der Waals surface area contributed by atoms with E-state index in [1.54, 1.807) is 0 Å². The number of ether oxygens (including phenoxy) is 1. The molecule has 0 saturated carbocycles. The van der Waals surface area contributed by atoms with Crippen LogP contribution < -0.4 is 4.74 Å². The van der Waals surface area contributed by atoms with Crippen molar-refractivity contribution < 1.29 is 9.84 Å². The van der Waals surface area contributed by atoms with Crippen LogP contribution >= 0.6 is 0 Å². The molecule has 3 nitrogen and oxygen atoms in total. The molecular formula is C25H35NO2. The van der Waals surface area contributed by atoms with Crippen LogP contribution in [-0.4, -0.2) is 36.2 Å². The molecule has 0 spiro atoms. The number of benzene rings is 2. The van der Waals surface area contributed by atoms with Crippen LogP contribution in [0.25, 0.3) is 0 Å².